The minimum atomic E-state index is -1.70. The SMILES string of the molecule is CCC(O)C(O)C(O)C(O)COC1OC(CO)C(O)C(O)C1O. The Labute approximate surface area is 133 Å². The van der Waals surface area contributed by atoms with Gasteiger partial charge in [-0.3, -0.25) is 0 Å². The van der Waals surface area contributed by atoms with Crippen LogP contribution < -0.4 is 0 Å². The molecule has 10 heteroatoms. The van der Waals surface area contributed by atoms with Crippen molar-refractivity contribution in [3.63, 3.8) is 0 Å². The Bertz CT molecular complexity index is 341. The fourth-order valence-corrected chi connectivity index (χ4v) is 2.19. The molecule has 1 aliphatic rings. The summed E-state index contributed by atoms with van der Waals surface area (Å²) in [6, 6.07) is 0. The van der Waals surface area contributed by atoms with Gasteiger partial charge in [0.2, 0.25) is 0 Å². The molecule has 9 atom stereocenters. The van der Waals surface area contributed by atoms with E-state index in [1.54, 1.807) is 6.92 Å². The summed E-state index contributed by atoms with van der Waals surface area (Å²) in [5.74, 6) is 0. The Morgan fingerprint density at radius 1 is 0.913 bits per heavy atom. The molecular weight excluding hydrogens is 316 g/mol. The number of rotatable bonds is 8. The summed E-state index contributed by atoms with van der Waals surface area (Å²) in [5, 5.41) is 76.4. The van der Waals surface area contributed by atoms with Crippen LogP contribution in [0.1, 0.15) is 13.3 Å². The van der Waals surface area contributed by atoms with Crippen molar-refractivity contribution in [3.05, 3.63) is 0 Å². The van der Waals surface area contributed by atoms with Crippen molar-refractivity contribution in [1.82, 2.24) is 0 Å². The molecule has 1 rings (SSSR count). The third-order valence-electron chi connectivity index (χ3n) is 3.84. The fraction of sp³-hybridized carbons (Fsp3) is 1.00. The standard InChI is InChI=1S/C13H26O10/c1-2-5(15)8(17)9(18)6(16)4-22-13-12(21)11(20)10(19)7(3-14)23-13/h5-21H,2-4H2,1H3. The lowest BCUT2D eigenvalue weighted by Crippen LogP contribution is -2.59. The maximum atomic E-state index is 9.75. The maximum Gasteiger partial charge on any atom is 0.186 e. The second-order valence-corrected chi connectivity index (χ2v) is 5.55. The normalized spacial score (nSPS) is 37.2. The second kappa shape index (κ2) is 9.18. The lowest BCUT2D eigenvalue weighted by atomic mass is 9.99. The predicted molar refractivity (Wildman–Crippen MR) is 74.0 cm³/mol. The van der Waals surface area contributed by atoms with Gasteiger partial charge in [-0.25, -0.2) is 0 Å². The maximum absolute atomic E-state index is 9.75. The number of ether oxygens (including phenoxy) is 2. The van der Waals surface area contributed by atoms with Crippen LogP contribution in [0.5, 0.6) is 0 Å². The molecule has 1 saturated heterocycles. The van der Waals surface area contributed by atoms with Gasteiger partial charge in [-0.15, -0.1) is 0 Å². The van der Waals surface area contributed by atoms with Gasteiger partial charge >= 0.3 is 0 Å². The molecule has 0 aliphatic carbocycles. The molecule has 0 aromatic carbocycles. The number of aliphatic hydroxyl groups excluding tert-OH is 8. The van der Waals surface area contributed by atoms with Crippen LogP contribution in [0.25, 0.3) is 0 Å². The van der Waals surface area contributed by atoms with E-state index < -0.39 is 68.3 Å². The van der Waals surface area contributed by atoms with Gasteiger partial charge in [0.25, 0.3) is 0 Å². The van der Waals surface area contributed by atoms with Crippen molar-refractivity contribution in [3.8, 4) is 0 Å². The second-order valence-electron chi connectivity index (χ2n) is 5.55. The van der Waals surface area contributed by atoms with E-state index in [1.807, 2.05) is 0 Å². The first-order valence-corrected chi connectivity index (χ1v) is 7.38. The van der Waals surface area contributed by atoms with Crippen LogP contribution in [0.3, 0.4) is 0 Å². The van der Waals surface area contributed by atoms with E-state index in [-0.39, 0.29) is 6.42 Å². The minimum Gasteiger partial charge on any atom is -0.394 e. The van der Waals surface area contributed by atoms with Gasteiger partial charge < -0.3 is 50.3 Å². The molecular formula is C13H26O10. The van der Waals surface area contributed by atoms with Crippen molar-refractivity contribution in [2.45, 2.75) is 68.5 Å². The Hall–Kier alpha value is -0.400. The van der Waals surface area contributed by atoms with Crippen LogP contribution in [-0.2, 0) is 9.47 Å². The Morgan fingerprint density at radius 2 is 1.48 bits per heavy atom. The number of hydrogen-bond acceptors (Lipinski definition) is 10. The van der Waals surface area contributed by atoms with E-state index in [0.717, 1.165) is 0 Å². The summed E-state index contributed by atoms with van der Waals surface area (Å²) in [4.78, 5) is 0. The van der Waals surface area contributed by atoms with Crippen LogP contribution in [-0.4, -0.2) is 109 Å². The number of hydrogen-bond donors (Lipinski definition) is 8. The summed E-state index contributed by atoms with van der Waals surface area (Å²) >= 11 is 0. The molecule has 1 fully saturated rings. The average molecular weight is 342 g/mol. The molecule has 0 bridgehead atoms. The lowest BCUT2D eigenvalue weighted by Gasteiger charge is -2.40. The van der Waals surface area contributed by atoms with Crippen molar-refractivity contribution >= 4 is 0 Å². The summed E-state index contributed by atoms with van der Waals surface area (Å²) in [5.41, 5.74) is 0. The van der Waals surface area contributed by atoms with Gasteiger partial charge in [0, 0.05) is 0 Å². The molecule has 138 valence electrons. The summed E-state index contributed by atoms with van der Waals surface area (Å²) < 4.78 is 10.1. The zero-order valence-electron chi connectivity index (χ0n) is 12.7. The molecule has 0 spiro atoms. The van der Waals surface area contributed by atoms with Gasteiger partial charge in [-0.1, -0.05) is 6.92 Å². The molecule has 0 amide bonds. The van der Waals surface area contributed by atoms with E-state index in [2.05, 4.69) is 0 Å². The number of aliphatic hydroxyl groups is 8. The highest BCUT2D eigenvalue weighted by Crippen LogP contribution is 2.22. The van der Waals surface area contributed by atoms with Crippen LogP contribution in [0.2, 0.25) is 0 Å². The highest BCUT2D eigenvalue weighted by atomic mass is 16.7. The summed E-state index contributed by atoms with van der Waals surface area (Å²) in [6.07, 6.45) is -13.4. The van der Waals surface area contributed by atoms with E-state index in [4.69, 9.17) is 14.6 Å². The van der Waals surface area contributed by atoms with Crippen LogP contribution in [0.4, 0.5) is 0 Å². The average Bonchev–Trinajstić information content (AvgIpc) is 2.56. The third-order valence-corrected chi connectivity index (χ3v) is 3.84. The van der Waals surface area contributed by atoms with Gasteiger partial charge in [-0.2, -0.15) is 0 Å². The van der Waals surface area contributed by atoms with Crippen molar-refractivity contribution in [1.29, 1.82) is 0 Å². The topological polar surface area (TPSA) is 180 Å². The molecule has 23 heavy (non-hydrogen) atoms. The largest absolute Gasteiger partial charge is 0.394 e. The molecule has 1 heterocycles. The van der Waals surface area contributed by atoms with Crippen LogP contribution >= 0.6 is 0 Å². The smallest absolute Gasteiger partial charge is 0.186 e. The van der Waals surface area contributed by atoms with E-state index in [1.165, 1.54) is 0 Å². The Morgan fingerprint density at radius 3 is 2.00 bits per heavy atom. The zero-order chi connectivity index (χ0) is 17.7. The van der Waals surface area contributed by atoms with Crippen molar-refractivity contribution < 1.29 is 50.3 Å². The van der Waals surface area contributed by atoms with Crippen LogP contribution in [0.15, 0.2) is 0 Å². The molecule has 0 saturated carbocycles. The van der Waals surface area contributed by atoms with Gasteiger partial charge in [-0.05, 0) is 6.42 Å². The first-order chi connectivity index (χ1) is 10.7. The summed E-state index contributed by atoms with van der Waals surface area (Å²) in [7, 11) is 0. The van der Waals surface area contributed by atoms with Gasteiger partial charge in [0.15, 0.2) is 6.29 Å². The first kappa shape index (κ1) is 20.6. The molecule has 1 aliphatic heterocycles. The van der Waals surface area contributed by atoms with Crippen molar-refractivity contribution in [2.75, 3.05) is 13.2 Å². The van der Waals surface area contributed by atoms with Crippen molar-refractivity contribution in [2.24, 2.45) is 0 Å². The molecule has 8 N–H and O–H groups in total. The summed E-state index contributed by atoms with van der Waals surface area (Å²) in [6.45, 7) is 0.367. The molecule has 10 nitrogen and oxygen atoms in total. The molecule has 0 aromatic heterocycles. The van der Waals surface area contributed by atoms with Gasteiger partial charge in [0.05, 0.1) is 19.3 Å². The van der Waals surface area contributed by atoms with Gasteiger partial charge in [0.1, 0.15) is 42.7 Å². The van der Waals surface area contributed by atoms with E-state index >= 15 is 0 Å². The Kier molecular flexibility index (Phi) is 8.24. The fourth-order valence-electron chi connectivity index (χ4n) is 2.19. The Balaban J connectivity index is 2.55. The minimum absolute atomic E-state index is 0.165. The van der Waals surface area contributed by atoms with Crippen LogP contribution in [0, 0.1) is 0 Å². The zero-order valence-corrected chi connectivity index (χ0v) is 12.7. The van der Waals surface area contributed by atoms with E-state index in [0.29, 0.717) is 0 Å². The molecule has 9 unspecified atom stereocenters. The molecule has 0 aromatic rings. The first-order valence-electron chi connectivity index (χ1n) is 7.38. The highest BCUT2D eigenvalue weighted by Gasteiger charge is 2.44. The predicted octanol–water partition coefficient (Wildman–Crippen LogP) is -4.34. The third kappa shape index (κ3) is 5.03. The van der Waals surface area contributed by atoms with E-state index in [9.17, 15) is 35.7 Å². The monoisotopic (exact) mass is 342 g/mol. The highest BCUT2D eigenvalue weighted by molar-refractivity contribution is 4.89. The molecule has 0 radical (unpaired) electrons. The quantitative estimate of drug-likeness (QED) is 0.215. The lowest BCUT2D eigenvalue weighted by molar-refractivity contribution is -0.306.